The Hall–Kier alpha value is -1.68. The molecule has 0 atom stereocenters. The summed E-state index contributed by atoms with van der Waals surface area (Å²) in [6.45, 7) is 0.771. The van der Waals surface area contributed by atoms with Crippen LogP contribution in [0.4, 0.5) is 5.95 Å². The lowest BCUT2D eigenvalue weighted by molar-refractivity contribution is 0.974. The Bertz CT molecular complexity index is 429. The lowest BCUT2D eigenvalue weighted by Crippen LogP contribution is -2.07. The van der Waals surface area contributed by atoms with E-state index in [2.05, 4.69) is 20.3 Å². The molecule has 0 aliphatic heterocycles. The van der Waals surface area contributed by atoms with Crippen LogP contribution in [0.1, 0.15) is 5.56 Å². The SMILES string of the molecule is Clc1cnc(NCCc2cccnc2)nc1. The van der Waals surface area contributed by atoms with Gasteiger partial charge in [0.1, 0.15) is 0 Å². The van der Waals surface area contributed by atoms with Gasteiger partial charge in [-0.05, 0) is 18.1 Å². The van der Waals surface area contributed by atoms with Crippen molar-refractivity contribution in [2.75, 3.05) is 11.9 Å². The molecule has 16 heavy (non-hydrogen) atoms. The molecule has 2 heterocycles. The van der Waals surface area contributed by atoms with Crippen LogP contribution in [-0.4, -0.2) is 21.5 Å². The molecule has 0 radical (unpaired) electrons. The Kier molecular flexibility index (Phi) is 3.66. The molecule has 0 saturated carbocycles. The van der Waals surface area contributed by atoms with Gasteiger partial charge in [0.05, 0.1) is 17.4 Å². The maximum Gasteiger partial charge on any atom is 0.222 e. The fraction of sp³-hybridized carbons (Fsp3) is 0.182. The molecule has 0 aromatic carbocycles. The van der Waals surface area contributed by atoms with Gasteiger partial charge >= 0.3 is 0 Å². The zero-order valence-corrected chi connectivity index (χ0v) is 9.35. The van der Waals surface area contributed by atoms with Crippen molar-refractivity contribution in [3.63, 3.8) is 0 Å². The minimum atomic E-state index is 0.540. The van der Waals surface area contributed by atoms with Crippen molar-refractivity contribution in [2.45, 2.75) is 6.42 Å². The van der Waals surface area contributed by atoms with Crippen LogP contribution in [0.25, 0.3) is 0 Å². The molecule has 1 N–H and O–H groups in total. The predicted molar refractivity (Wildman–Crippen MR) is 63.5 cm³/mol. The lowest BCUT2D eigenvalue weighted by Gasteiger charge is -2.03. The van der Waals surface area contributed by atoms with Crippen molar-refractivity contribution in [1.82, 2.24) is 15.0 Å². The Morgan fingerprint density at radius 2 is 2.00 bits per heavy atom. The molecule has 0 amide bonds. The summed E-state index contributed by atoms with van der Waals surface area (Å²) in [4.78, 5) is 12.1. The van der Waals surface area contributed by atoms with Crippen molar-refractivity contribution < 1.29 is 0 Å². The summed E-state index contributed by atoms with van der Waals surface area (Å²) < 4.78 is 0. The molecule has 0 spiro atoms. The summed E-state index contributed by atoms with van der Waals surface area (Å²) in [7, 11) is 0. The fourth-order valence-electron chi connectivity index (χ4n) is 1.27. The van der Waals surface area contributed by atoms with Crippen molar-refractivity contribution >= 4 is 17.5 Å². The molecular weight excluding hydrogens is 224 g/mol. The minimum Gasteiger partial charge on any atom is -0.354 e. The Morgan fingerprint density at radius 3 is 2.69 bits per heavy atom. The van der Waals surface area contributed by atoms with E-state index in [1.165, 1.54) is 5.56 Å². The summed E-state index contributed by atoms with van der Waals surface area (Å²) in [5, 5.41) is 3.65. The minimum absolute atomic E-state index is 0.540. The number of nitrogens with zero attached hydrogens (tertiary/aromatic N) is 3. The van der Waals surface area contributed by atoms with E-state index in [-0.39, 0.29) is 0 Å². The lowest BCUT2D eigenvalue weighted by atomic mass is 10.2. The van der Waals surface area contributed by atoms with E-state index in [0.717, 1.165) is 13.0 Å². The third kappa shape index (κ3) is 3.17. The quantitative estimate of drug-likeness (QED) is 0.881. The highest BCUT2D eigenvalue weighted by Gasteiger charge is 1.96. The largest absolute Gasteiger partial charge is 0.354 e. The number of pyridine rings is 1. The van der Waals surface area contributed by atoms with E-state index in [4.69, 9.17) is 11.6 Å². The monoisotopic (exact) mass is 234 g/mol. The van der Waals surface area contributed by atoms with Crippen LogP contribution in [-0.2, 0) is 6.42 Å². The van der Waals surface area contributed by atoms with Crippen molar-refractivity contribution in [1.29, 1.82) is 0 Å². The zero-order valence-electron chi connectivity index (χ0n) is 8.60. The first kappa shape index (κ1) is 10.8. The number of halogens is 1. The third-order valence-corrected chi connectivity index (χ3v) is 2.24. The molecule has 0 aliphatic carbocycles. The van der Waals surface area contributed by atoms with Gasteiger partial charge in [0, 0.05) is 18.9 Å². The van der Waals surface area contributed by atoms with Crippen LogP contribution in [0.2, 0.25) is 5.02 Å². The van der Waals surface area contributed by atoms with Crippen LogP contribution in [0.3, 0.4) is 0 Å². The van der Waals surface area contributed by atoms with Gasteiger partial charge in [0.2, 0.25) is 5.95 Å². The fourth-order valence-corrected chi connectivity index (χ4v) is 1.37. The zero-order chi connectivity index (χ0) is 11.2. The highest BCUT2D eigenvalue weighted by atomic mass is 35.5. The highest BCUT2D eigenvalue weighted by Crippen LogP contribution is 2.05. The first-order chi connectivity index (χ1) is 7.84. The van der Waals surface area contributed by atoms with Crippen LogP contribution < -0.4 is 5.32 Å². The summed E-state index contributed by atoms with van der Waals surface area (Å²) in [6.07, 6.45) is 7.64. The third-order valence-electron chi connectivity index (χ3n) is 2.04. The first-order valence-electron chi connectivity index (χ1n) is 4.95. The second-order valence-corrected chi connectivity index (χ2v) is 3.70. The van der Waals surface area contributed by atoms with Crippen LogP contribution in [0.15, 0.2) is 36.9 Å². The van der Waals surface area contributed by atoms with Crippen molar-refractivity contribution in [2.24, 2.45) is 0 Å². The number of hydrogen-bond donors (Lipinski definition) is 1. The van der Waals surface area contributed by atoms with Gasteiger partial charge in [-0.1, -0.05) is 17.7 Å². The van der Waals surface area contributed by atoms with Gasteiger partial charge in [-0.15, -0.1) is 0 Å². The van der Waals surface area contributed by atoms with E-state index in [1.807, 2.05) is 18.3 Å². The van der Waals surface area contributed by atoms with Crippen LogP contribution >= 0.6 is 11.6 Å². The summed E-state index contributed by atoms with van der Waals surface area (Å²) in [5.41, 5.74) is 1.18. The Balaban J connectivity index is 1.82. The molecule has 2 aromatic rings. The first-order valence-corrected chi connectivity index (χ1v) is 5.33. The average molecular weight is 235 g/mol. The summed E-state index contributed by atoms with van der Waals surface area (Å²) >= 11 is 5.68. The number of rotatable bonds is 4. The Labute approximate surface area is 98.7 Å². The molecule has 5 heteroatoms. The average Bonchev–Trinajstić information content (AvgIpc) is 2.33. The molecule has 0 bridgehead atoms. The van der Waals surface area contributed by atoms with E-state index < -0.39 is 0 Å². The van der Waals surface area contributed by atoms with Crippen molar-refractivity contribution in [3.05, 3.63) is 47.5 Å². The smallest absolute Gasteiger partial charge is 0.222 e. The summed E-state index contributed by atoms with van der Waals surface area (Å²) in [6, 6.07) is 3.96. The van der Waals surface area contributed by atoms with Crippen molar-refractivity contribution in [3.8, 4) is 0 Å². The van der Waals surface area contributed by atoms with Crippen LogP contribution in [0.5, 0.6) is 0 Å². The topological polar surface area (TPSA) is 50.7 Å². The second kappa shape index (κ2) is 5.42. The molecular formula is C11H11ClN4. The van der Waals surface area contributed by atoms with Gasteiger partial charge in [0.25, 0.3) is 0 Å². The van der Waals surface area contributed by atoms with Gasteiger partial charge in [0.15, 0.2) is 0 Å². The van der Waals surface area contributed by atoms with E-state index in [0.29, 0.717) is 11.0 Å². The maximum atomic E-state index is 5.68. The highest BCUT2D eigenvalue weighted by molar-refractivity contribution is 6.30. The number of nitrogens with one attached hydrogen (secondary N) is 1. The number of hydrogen-bond acceptors (Lipinski definition) is 4. The standard InChI is InChI=1S/C11H11ClN4/c12-10-7-15-11(16-8-10)14-5-3-9-2-1-4-13-6-9/h1-2,4,6-8H,3,5H2,(H,14,15,16). The predicted octanol–water partition coefficient (Wildman–Crippen LogP) is 2.18. The van der Waals surface area contributed by atoms with E-state index in [1.54, 1.807) is 18.6 Å². The molecule has 0 unspecified atom stereocenters. The van der Waals surface area contributed by atoms with E-state index >= 15 is 0 Å². The molecule has 4 nitrogen and oxygen atoms in total. The van der Waals surface area contributed by atoms with Gasteiger partial charge < -0.3 is 5.32 Å². The van der Waals surface area contributed by atoms with Crippen LogP contribution in [0, 0.1) is 0 Å². The maximum absolute atomic E-state index is 5.68. The molecule has 82 valence electrons. The Morgan fingerprint density at radius 1 is 1.19 bits per heavy atom. The number of anilines is 1. The molecule has 2 rings (SSSR count). The molecule has 2 aromatic heterocycles. The van der Waals surface area contributed by atoms with Gasteiger partial charge in [-0.3, -0.25) is 4.98 Å². The molecule has 0 fully saturated rings. The second-order valence-electron chi connectivity index (χ2n) is 3.26. The van der Waals surface area contributed by atoms with E-state index in [9.17, 15) is 0 Å². The normalized spacial score (nSPS) is 10.1. The molecule has 0 saturated heterocycles. The number of aromatic nitrogens is 3. The van der Waals surface area contributed by atoms with Gasteiger partial charge in [-0.2, -0.15) is 0 Å². The summed E-state index contributed by atoms with van der Waals surface area (Å²) in [5.74, 6) is 0.591. The molecule has 0 aliphatic rings. The van der Waals surface area contributed by atoms with Gasteiger partial charge in [-0.25, -0.2) is 9.97 Å².